The number of amides is 2. The van der Waals surface area contributed by atoms with Crippen molar-refractivity contribution in [2.24, 2.45) is 0 Å². The number of hydrogen-bond acceptors (Lipinski definition) is 3. The molecule has 0 bridgehead atoms. The van der Waals surface area contributed by atoms with E-state index < -0.39 is 0 Å². The van der Waals surface area contributed by atoms with Gasteiger partial charge in [-0.05, 0) is 61.5 Å². The number of imide groups is 1. The molecule has 1 saturated heterocycles. The molecule has 6 heteroatoms. The second-order valence-electron chi connectivity index (χ2n) is 5.65. The first-order valence-corrected chi connectivity index (χ1v) is 8.41. The van der Waals surface area contributed by atoms with Crippen molar-refractivity contribution in [3.8, 4) is 0 Å². The van der Waals surface area contributed by atoms with Gasteiger partial charge in [0.25, 0.3) is 11.1 Å². The molecular formula is C18H17FN2O2S. The summed E-state index contributed by atoms with van der Waals surface area (Å²) >= 11 is 0.922. The number of thioether (sulfide) groups is 1. The minimum absolute atomic E-state index is 0.268. The van der Waals surface area contributed by atoms with Gasteiger partial charge in [-0.1, -0.05) is 12.1 Å². The molecule has 1 aromatic heterocycles. The molecule has 1 aliphatic heterocycles. The summed E-state index contributed by atoms with van der Waals surface area (Å²) < 4.78 is 15.0. The van der Waals surface area contributed by atoms with Crippen LogP contribution in [0.3, 0.4) is 0 Å². The van der Waals surface area contributed by atoms with Crippen LogP contribution in [-0.4, -0.2) is 27.2 Å². The van der Waals surface area contributed by atoms with Crippen molar-refractivity contribution < 1.29 is 14.0 Å². The Morgan fingerprint density at radius 1 is 1.00 bits per heavy atom. The molecular weight excluding hydrogens is 327 g/mol. The minimum atomic E-state index is -0.335. The molecule has 0 radical (unpaired) electrons. The molecule has 2 heterocycles. The molecule has 0 saturated carbocycles. The van der Waals surface area contributed by atoms with Crippen LogP contribution in [0, 0.1) is 19.7 Å². The first-order valence-electron chi connectivity index (χ1n) is 7.59. The average molecular weight is 344 g/mol. The zero-order chi connectivity index (χ0) is 17.3. The van der Waals surface area contributed by atoms with Crippen LogP contribution < -0.4 is 0 Å². The summed E-state index contributed by atoms with van der Waals surface area (Å²) in [6.45, 7) is 4.90. The maximum Gasteiger partial charge on any atom is 0.293 e. The number of rotatable bonds is 4. The van der Waals surface area contributed by atoms with Gasteiger partial charge in [0, 0.05) is 24.5 Å². The van der Waals surface area contributed by atoms with Crippen LogP contribution in [0.1, 0.15) is 17.0 Å². The lowest BCUT2D eigenvalue weighted by molar-refractivity contribution is -0.122. The first-order chi connectivity index (χ1) is 11.5. The standard InChI is InChI=1S/C18H17FN2O2S/c1-12-3-4-13(2)20(12)9-10-21-17(22)16(24-18(21)23)11-14-5-7-15(19)8-6-14/h3-8,11H,9-10H2,1-2H3/b16-11-. The fourth-order valence-electron chi connectivity index (χ4n) is 2.66. The van der Waals surface area contributed by atoms with E-state index in [1.54, 1.807) is 18.2 Å². The third-order valence-corrected chi connectivity index (χ3v) is 4.91. The van der Waals surface area contributed by atoms with Crippen molar-refractivity contribution in [1.29, 1.82) is 0 Å². The smallest absolute Gasteiger partial charge is 0.293 e. The van der Waals surface area contributed by atoms with E-state index in [1.807, 2.05) is 26.0 Å². The van der Waals surface area contributed by atoms with Gasteiger partial charge in [-0.25, -0.2) is 4.39 Å². The number of halogens is 1. The van der Waals surface area contributed by atoms with Crippen LogP contribution in [0.5, 0.6) is 0 Å². The van der Waals surface area contributed by atoms with Crippen LogP contribution in [0.15, 0.2) is 41.3 Å². The SMILES string of the molecule is Cc1ccc(C)n1CCN1C(=O)S/C(=C\c2ccc(F)cc2)C1=O. The number of aromatic nitrogens is 1. The second-order valence-corrected chi connectivity index (χ2v) is 6.65. The quantitative estimate of drug-likeness (QED) is 0.788. The summed E-state index contributed by atoms with van der Waals surface area (Å²) in [5.74, 6) is -0.630. The van der Waals surface area contributed by atoms with Gasteiger partial charge in [0.15, 0.2) is 0 Å². The maximum atomic E-state index is 12.9. The molecule has 0 atom stereocenters. The lowest BCUT2D eigenvalue weighted by Crippen LogP contribution is -2.31. The Bertz CT molecular complexity index is 805. The van der Waals surface area contributed by atoms with Gasteiger partial charge in [0.1, 0.15) is 5.82 Å². The van der Waals surface area contributed by atoms with E-state index in [-0.39, 0.29) is 17.0 Å². The van der Waals surface area contributed by atoms with Gasteiger partial charge >= 0.3 is 0 Å². The highest BCUT2D eigenvalue weighted by atomic mass is 32.2. The van der Waals surface area contributed by atoms with Crippen molar-refractivity contribution in [2.75, 3.05) is 6.54 Å². The van der Waals surface area contributed by atoms with E-state index >= 15 is 0 Å². The van der Waals surface area contributed by atoms with E-state index in [0.29, 0.717) is 23.6 Å². The van der Waals surface area contributed by atoms with E-state index in [9.17, 15) is 14.0 Å². The average Bonchev–Trinajstić information content (AvgIpc) is 3.00. The topological polar surface area (TPSA) is 42.3 Å². The summed E-state index contributed by atoms with van der Waals surface area (Å²) in [6.07, 6.45) is 1.62. The zero-order valence-corrected chi connectivity index (χ0v) is 14.3. The summed E-state index contributed by atoms with van der Waals surface area (Å²) in [5.41, 5.74) is 2.89. The molecule has 3 rings (SSSR count). The van der Waals surface area contributed by atoms with Gasteiger partial charge in [0.05, 0.1) is 4.91 Å². The third kappa shape index (κ3) is 3.28. The maximum absolute atomic E-state index is 12.9. The van der Waals surface area contributed by atoms with Gasteiger partial charge < -0.3 is 4.57 Å². The molecule has 0 N–H and O–H groups in total. The largest absolute Gasteiger partial charge is 0.347 e. The normalized spacial score (nSPS) is 16.5. The van der Waals surface area contributed by atoms with E-state index in [0.717, 1.165) is 23.1 Å². The third-order valence-electron chi connectivity index (χ3n) is 4.01. The number of carbonyl (C=O) groups excluding carboxylic acids is 2. The number of hydrogen-bond donors (Lipinski definition) is 0. The van der Waals surface area contributed by atoms with Gasteiger partial charge in [-0.3, -0.25) is 14.5 Å². The van der Waals surface area contributed by atoms with Crippen LogP contribution >= 0.6 is 11.8 Å². The first kappa shape index (κ1) is 16.5. The van der Waals surface area contributed by atoms with E-state index in [1.165, 1.54) is 17.0 Å². The minimum Gasteiger partial charge on any atom is -0.347 e. The predicted molar refractivity (Wildman–Crippen MR) is 93.0 cm³/mol. The Labute approximate surface area is 144 Å². The second kappa shape index (κ2) is 6.65. The molecule has 4 nitrogen and oxygen atoms in total. The fourth-order valence-corrected chi connectivity index (χ4v) is 3.52. The Morgan fingerprint density at radius 3 is 2.25 bits per heavy atom. The van der Waals surface area contributed by atoms with Crippen LogP contribution in [-0.2, 0) is 11.3 Å². The molecule has 124 valence electrons. The Kier molecular flexibility index (Phi) is 4.57. The van der Waals surface area contributed by atoms with Crippen LogP contribution in [0.4, 0.5) is 9.18 Å². The molecule has 1 aromatic carbocycles. The van der Waals surface area contributed by atoms with E-state index in [4.69, 9.17) is 0 Å². The highest BCUT2D eigenvalue weighted by Crippen LogP contribution is 2.32. The molecule has 1 aliphatic rings. The monoisotopic (exact) mass is 344 g/mol. The summed E-state index contributed by atoms with van der Waals surface area (Å²) in [7, 11) is 0. The van der Waals surface area contributed by atoms with Crippen molar-refractivity contribution >= 4 is 29.0 Å². The number of aryl methyl sites for hydroxylation is 2. The van der Waals surface area contributed by atoms with Crippen molar-refractivity contribution in [3.63, 3.8) is 0 Å². The van der Waals surface area contributed by atoms with Gasteiger partial charge in [-0.2, -0.15) is 0 Å². The Hall–Kier alpha value is -2.34. The Morgan fingerprint density at radius 2 is 1.62 bits per heavy atom. The predicted octanol–water partition coefficient (Wildman–Crippen LogP) is 3.98. The fraction of sp³-hybridized carbons (Fsp3) is 0.222. The van der Waals surface area contributed by atoms with E-state index in [2.05, 4.69) is 4.57 Å². The summed E-state index contributed by atoms with van der Waals surface area (Å²) in [4.78, 5) is 26.2. The molecule has 1 fully saturated rings. The lowest BCUT2D eigenvalue weighted by atomic mass is 10.2. The lowest BCUT2D eigenvalue weighted by Gasteiger charge is -2.15. The van der Waals surface area contributed by atoms with Crippen LogP contribution in [0.25, 0.3) is 6.08 Å². The highest BCUT2D eigenvalue weighted by Gasteiger charge is 2.34. The molecule has 0 unspecified atom stereocenters. The summed E-state index contributed by atoms with van der Waals surface area (Å²) in [6, 6.07) is 9.84. The highest BCUT2D eigenvalue weighted by molar-refractivity contribution is 8.18. The molecule has 0 spiro atoms. The van der Waals surface area contributed by atoms with Crippen LogP contribution in [0.2, 0.25) is 0 Å². The zero-order valence-electron chi connectivity index (χ0n) is 13.5. The summed E-state index contributed by atoms with van der Waals surface area (Å²) in [5, 5.41) is -0.268. The number of carbonyl (C=O) groups is 2. The molecule has 24 heavy (non-hydrogen) atoms. The molecule has 2 aromatic rings. The molecule has 2 amide bonds. The number of benzene rings is 1. The van der Waals surface area contributed by atoms with Gasteiger partial charge in [-0.15, -0.1) is 0 Å². The van der Waals surface area contributed by atoms with Crippen molar-refractivity contribution in [3.05, 3.63) is 64.1 Å². The molecule has 0 aliphatic carbocycles. The Balaban J connectivity index is 1.73. The van der Waals surface area contributed by atoms with Crippen molar-refractivity contribution in [2.45, 2.75) is 20.4 Å². The number of nitrogens with zero attached hydrogens (tertiary/aromatic N) is 2. The van der Waals surface area contributed by atoms with Crippen molar-refractivity contribution in [1.82, 2.24) is 9.47 Å². The van der Waals surface area contributed by atoms with Gasteiger partial charge in [0.2, 0.25) is 0 Å².